The first-order valence-electron chi connectivity index (χ1n) is 10.7. The first-order valence-corrected chi connectivity index (χ1v) is 10.7. The Morgan fingerprint density at radius 3 is 2.84 bits per heavy atom. The molecule has 2 fully saturated rings. The van der Waals surface area contributed by atoms with Crippen LogP contribution in [0.4, 0.5) is 23.3 Å². The number of hydrogen-bond acceptors (Lipinski definition) is 8. The Labute approximate surface area is 180 Å². The van der Waals surface area contributed by atoms with Crippen LogP contribution in [-0.4, -0.2) is 50.1 Å². The number of nitrogen functional groups attached to an aromatic ring is 1. The molecule has 2 atom stereocenters. The van der Waals surface area contributed by atoms with Gasteiger partial charge in [-0.1, -0.05) is 0 Å². The minimum atomic E-state index is 0.249. The number of nitrogens with two attached hydrogens (primary N) is 1. The van der Waals surface area contributed by atoms with E-state index in [2.05, 4.69) is 33.3 Å². The van der Waals surface area contributed by atoms with Crippen LogP contribution in [0.3, 0.4) is 0 Å². The molecule has 10 nitrogen and oxygen atoms in total. The molecule has 0 saturated carbocycles. The van der Waals surface area contributed by atoms with Crippen molar-refractivity contribution in [2.45, 2.75) is 45.2 Å². The fourth-order valence-corrected chi connectivity index (χ4v) is 4.72. The summed E-state index contributed by atoms with van der Waals surface area (Å²) in [6.07, 6.45) is 5.13. The minimum Gasteiger partial charge on any atom is -0.383 e. The standard InChI is InChI=1S/C21H27N9O/c1-12-5-4-7-29(12)20-15(9-22)17-18(23)25-21(26-19(17)28(20)3)24-16-10-30(27-13(16)2)14-6-8-31-11-14/h10,12,14H,4-8,11H2,1-3H3,(H3,23,24,25,26)/t12-,14?/m1/s1. The molecular weight excluding hydrogens is 394 g/mol. The topological polar surface area (TPSA) is 123 Å². The lowest BCUT2D eigenvalue weighted by atomic mass is 10.2. The molecule has 3 N–H and O–H groups in total. The van der Waals surface area contributed by atoms with Crippen molar-refractivity contribution in [3.8, 4) is 6.07 Å². The summed E-state index contributed by atoms with van der Waals surface area (Å²) >= 11 is 0. The van der Waals surface area contributed by atoms with Crippen LogP contribution < -0.4 is 16.0 Å². The summed E-state index contributed by atoms with van der Waals surface area (Å²) in [7, 11) is 1.93. The van der Waals surface area contributed by atoms with Crippen molar-refractivity contribution >= 4 is 34.3 Å². The number of aromatic nitrogens is 5. The molecule has 0 amide bonds. The second kappa shape index (κ2) is 7.42. The Hall–Kier alpha value is -3.32. The molecule has 10 heteroatoms. The highest BCUT2D eigenvalue weighted by atomic mass is 16.5. The molecule has 5 rings (SSSR count). The summed E-state index contributed by atoms with van der Waals surface area (Å²) in [6, 6.07) is 2.96. The molecule has 0 radical (unpaired) electrons. The van der Waals surface area contributed by atoms with E-state index in [9.17, 15) is 5.26 Å². The Kier molecular flexibility index (Phi) is 4.70. The molecule has 31 heavy (non-hydrogen) atoms. The van der Waals surface area contributed by atoms with Crippen molar-refractivity contribution in [2.75, 3.05) is 35.7 Å². The number of nitriles is 1. The normalized spacial score (nSPS) is 21.2. The third-order valence-corrected chi connectivity index (χ3v) is 6.41. The van der Waals surface area contributed by atoms with E-state index in [1.54, 1.807) is 0 Å². The lowest BCUT2D eigenvalue weighted by Crippen LogP contribution is -2.28. The first-order chi connectivity index (χ1) is 15.0. The molecule has 2 aliphatic heterocycles. The smallest absolute Gasteiger partial charge is 0.231 e. The minimum absolute atomic E-state index is 0.249. The number of aryl methyl sites for hydroxylation is 2. The van der Waals surface area contributed by atoms with Crippen LogP contribution in [0.5, 0.6) is 0 Å². The third-order valence-electron chi connectivity index (χ3n) is 6.41. The Balaban J connectivity index is 1.54. The molecule has 2 saturated heterocycles. The van der Waals surface area contributed by atoms with E-state index in [1.165, 1.54) is 0 Å². The lowest BCUT2D eigenvalue weighted by molar-refractivity contribution is 0.184. The number of rotatable bonds is 4. The van der Waals surface area contributed by atoms with Gasteiger partial charge < -0.3 is 25.3 Å². The summed E-state index contributed by atoms with van der Waals surface area (Å²) in [5.74, 6) is 1.55. The molecule has 3 aromatic heterocycles. The largest absolute Gasteiger partial charge is 0.383 e. The van der Waals surface area contributed by atoms with E-state index < -0.39 is 0 Å². The van der Waals surface area contributed by atoms with E-state index in [4.69, 9.17) is 15.5 Å². The van der Waals surface area contributed by atoms with E-state index in [0.717, 1.165) is 49.6 Å². The third kappa shape index (κ3) is 3.16. The maximum atomic E-state index is 9.91. The van der Waals surface area contributed by atoms with Gasteiger partial charge >= 0.3 is 0 Å². The molecule has 1 unspecified atom stereocenters. The van der Waals surface area contributed by atoms with Gasteiger partial charge in [0.1, 0.15) is 28.9 Å². The summed E-state index contributed by atoms with van der Waals surface area (Å²) in [4.78, 5) is 11.5. The van der Waals surface area contributed by atoms with E-state index >= 15 is 0 Å². The van der Waals surface area contributed by atoms with Gasteiger partial charge in [0.2, 0.25) is 5.95 Å². The summed E-state index contributed by atoms with van der Waals surface area (Å²) < 4.78 is 9.38. The Bertz CT molecular complexity index is 1180. The van der Waals surface area contributed by atoms with Crippen LogP contribution in [0.15, 0.2) is 6.20 Å². The Morgan fingerprint density at radius 1 is 1.32 bits per heavy atom. The van der Waals surface area contributed by atoms with Gasteiger partial charge in [0.15, 0.2) is 0 Å². The Morgan fingerprint density at radius 2 is 2.16 bits per heavy atom. The highest BCUT2D eigenvalue weighted by Gasteiger charge is 2.29. The van der Waals surface area contributed by atoms with Gasteiger partial charge in [-0.2, -0.15) is 20.3 Å². The summed E-state index contributed by atoms with van der Waals surface area (Å²) in [5, 5.41) is 18.4. The molecule has 0 aliphatic carbocycles. The second-order valence-electron chi connectivity index (χ2n) is 8.44. The van der Waals surface area contributed by atoms with Crippen molar-refractivity contribution in [3.63, 3.8) is 0 Å². The van der Waals surface area contributed by atoms with Gasteiger partial charge in [-0.3, -0.25) is 4.68 Å². The molecule has 2 aliphatic rings. The van der Waals surface area contributed by atoms with Crippen molar-refractivity contribution < 1.29 is 4.74 Å². The van der Waals surface area contributed by atoms with Gasteiger partial charge in [-0.25, -0.2) is 0 Å². The van der Waals surface area contributed by atoms with Crippen LogP contribution in [0, 0.1) is 18.3 Å². The maximum absolute atomic E-state index is 9.91. The predicted octanol–water partition coefficient (Wildman–Crippen LogP) is 2.62. The number of nitrogens with one attached hydrogen (secondary N) is 1. The number of anilines is 4. The van der Waals surface area contributed by atoms with E-state index in [1.807, 2.05) is 29.4 Å². The van der Waals surface area contributed by atoms with Gasteiger partial charge in [0.05, 0.1) is 29.4 Å². The van der Waals surface area contributed by atoms with Gasteiger partial charge in [-0.05, 0) is 33.1 Å². The fourth-order valence-electron chi connectivity index (χ4n) is 4.72. The molecular formula is C21H27N9O. The number of hydrogen-bond donors (Lipinski definition) is 2. The highest BCUT2D eigenvalue weighted by molar-refractivity contribution is 5.98. The molecule has 0 aromatic carbocycles. The van der Waals surface area contributed by atoms with Crippen LogP contribution in [-0.2, 0) is 11.8 Å². The zero-order valence-electron chi connectivity index (χ0n) is 18.1. The van der Waals surface area contributed by atoms with Crippen LogP contribution in [0.2, 0.25) is 0 Å². The van der Waals surface area contributed by atoms with Gasteiger partial charge in [-0.15, -0.1) is 0 Å². The molecule has 5 heterocycles. The van der Waals surface area contributed by atoms with Crippen LogP contribution in [0.25, 0.3) is 11.0 Å². The molecule has 3 aromatic rings. The van der Waals surface area contributed by atoms with Crippen molar-refractivity contribution in [2.24, 2.45) is 7.05 Å². The average Bonchev–Trinajstić information content (AvgIpc) is 3.51. The maximum Gasteiger partial charge on any atom is 0.231 e. The average molecular weight is 422 g/mol. The fraction of sp³-hybridized carbons (Fsp3) is 0.524. The van der Waals surface area contributed by atoms with Crippen LogP contribution >= 0.6 is 0 Å². The summed E-state index contributed by atoms with van der Waals surface area (Å²) in [6.45, 7) is 6.48. The zero-order chi connectivity index (χ0) is 21.7. The van der Waals surface area contributed by atoms with Gasteiger partial charge in [0.25, 0.3) is 0 Å². The number of ether oxygens (including phenoxy) is 1. The second-order valence-corrected chi connectivity index (χ2v) is 8.44. The van der Waals surface area contributed by atoms with Crippen molar-refractivity contribution in [3.05, 3.63) is 17.5 Å². The highest BCUT2D eigenvalue weighted by Crippen LogP contribution is 2.37. The molecule has 162 valence electrons. The van der Waals surface area contributed by atoms with Crippen molar-refractivity contribution in [1.29, 1.82) is 5.26 Å². The number of fused-ring (bicyclic) bond motifs is 1. The quantitative estimate of drug-likeness (QED) is 0.659. The summed E-state index contributed by atoms with van der Waals surface area (Å²) in [5.41, 5.74) is 9.20. The van der Waals surface area contributed by atoms with Crippen molar-refractivity contribution in [1.82, 2.24) is 24.3 Å². The molecule has 0 bridgehead atoms. The predicted molar refractivity (Wildman–Crippen MR) is 118 cm³/mol. The SMILES string of the molecule is Cc1nn(C2CCOC2)cc1Nc1nc(N)c2c(C#N)c(N3CCC[C@H]3C)n(C)c2n1. The van der Waals surface area contributed by atoms with Gasteiger partial charge in [0, 0.05) is 32.4 Å². The zero-order valence-corrected chi connectivity index (χ0v) is 18.1. The van der Waals surface area contributed by atoms with Crippen LogP contribution in [0.1, 0.15) is 43.5 Å². The lowest BCUT2D eigenvalue weighted by Gasteiger charge is -2.24. The monoisotopic (exact) mass is 421 g/mol. The number of nitrogens with zero attached hydrogens (tertiary/aromatic N) is 7. The van der Waals surface area contributed by atoms with E-state index in [-0.39, 0.29) is 6.04 Å². The first kappa shape index (κ1) is 19.6. The molecule has 0 spiro atoms. The van der Waals surface area contributed by atoms with E-state index in [0.29, 0.717) is 41.0 Å².